The highest BCUT2D eigenvalue weighted by Gasteiger charge is 2.19. The van der Waals surface area contributed by atoms with Gasteiger partial charge in [-0.3, -0.25) is 4.79 Å². The second kappa shape index (κ2) is 9.00. The molecule has 3 rings (SSSR count). The molecule has 0 heterocycles. The summed E-state index contributed by atoms with van der Waals surface area (Å²) in [5.41, 5.74) is 3.37. The van der Waals surface area contributed by atoms with Crippen LogP contribution in [0.1, 0.15) is 33.0 Å². The zero-order valence-electron chi connectivity index (χ0n) is 15.9. The molecule has 3 aromatic rings. The summed E-state index contributed by atoms with van der Waals surface area (Å²) in [6.45, 7) is 1.86. The minimum Gasteiger partial charge on any atom is -0.497 e. The number of nitriles is 1. The van der Waals surface area contributed by atoms with E-state index in [1.807, 2.05) is 13.0 Å². The van der Waals surface area contributed by atoms with Crippen molar-refractivity contribution in [1.82, 2.24) is 0 Å². The van der Waals surface area contributed by atoms with Crippen LogP contribution in [0.4, 0.5) is 5.69 Å². The van der Waals surface area contributed by atoms with Gasteiger partial charge in [0, 0.05) is 21.3 Å². The van der Waals surface area contributed by atoms with Crippen LogP contribution in [0.15, 0.2) is 60.7 Å². The molecule has 0 aliphatic rings. The number of nitrogens with zero attached hydrogens (tertiary/aromatic N) is 1. The molecule has 0 bridgehead atoms. The first kappa shape index (κ1) is 20.7. The summed E-state index contributed by atoms with van der Waals surface area (Å²) in [7, 11) is 1.57. The molecule has 0 aromatic heterocycles. The Labute approximate surface area is 179 Å². The minimum absolute atomic E-state index is 0.255. The van der Waals surface area contributed by atoms with Gasteiger partial charge >= 0.3 is 0 Å². The standard InChI is InChI=1S/C23H18Cl2N2O2/c1-14-11-19(20(13-26)15-3-7-17(24)8-4-15)21(25)12-22(14)27-23(28)16-5-9-18(29-2)10-6-16/h3-12,20H,1-2H3,(H,27,28)/t20-/m1/s1. The normalized spacial score (nSPS) is 11.4. The highest BCUT2D eigenvalue weighted by Crippen LogP contribution is 2.34. The van der Waals surface area contributed by atoms with Gasteiger partial charge in [0.15, 0.2) is 0 Å². The number of benzene rings is 3. The third kappa shape index (κ3) is 4.71. The fourth-order valence-electron chi connectivity index (χ4n) is 2.98. The van der Waals surface area contributed by atoms with Crippen LogP contribution < -0.4 is 10.1 Å². The Morgan fingerprint density at radius 2 is 1.72 bits per heavy atom. The second-order valence-corrected chi connectivity index (χ2v) is 7.33. The largest absolute Gasteiger partial charge is 0.497 e. The summed E-state index contributed by atoms with van der Waals surface area (Å²) in [6, 6.07) is 19.7. The molecular formula is C23H18Cl2N2O2. The van der Waals surface area contributed by atoms with E-state index in [2.05, 4.69) is 11.4 Å². The molecule has 6 heteroatoms. The number of aryl methyl sites for hydroxylation is 1. The molecule has 1 N–H and O–H groups in total. The van der Waals surface area contributed by atoms with E-state index >= 15 is 0 Å². The molecule has 146 valence electrons. The van der Waals surface area contributed by atoms with Gasteiger partial charge < -0.3 is 10.1 Å². The summed E-state index contributed by atoms with van der Waals surface area (Å²) in [5, 5.41) is 13.6. The molecule has 4 nitrogen and oxygen atoms in total. The number of hydrogen-bond donors (Lipinski definition) is 1. The summed E-state index contributed by atoms with van der Waals surface area (Å²) < 4.78 is 5.11. The maximum Gasteiger partial charge on any atom is 0.255 e. The fourth-order valence-corrected chi connectivity index (χ4v) is 3.37. The Morgan fingerprint density at radius 1 is 1.07 bits per heavy atom. The third-order valence-electron chi connectivity index (χ3n) is 4.59. The van der Waals surface area contributed by atoms with Gasteiger partial charge in [-0.1, -0.05) is 41.4 Å². The van der Waals surface area contributed by atoms with Crippen molar-refractivity contribution >= 4 is 34.8 Å². The predicted molar refractivity (Wildman–Crippen MR) is 116 cm³/mol. The van der Waals surface area contributed by atoms with Crippen molar-refractivity contribution in [3.05, 3.63) is 93.0 Å². The van der Waals surface area contributed by atoms with Gasteiger partial charge in [-0.25, -0.2) is 0 Å². The topological polar surface area (TPSA) is 62.1 Å². The number of hydrogen-bond acceptors (Lipinski definition) is 3. The van der Waals surface area contributed by atoms with Crippen LogP contribution in [0.5, 0.6) is 5.75 Å². The van der Waals surface area contributed by atoms with Gasteiger partial charge in [0.2, 0.25) is 0 Å². The van der Waals surface area contributed by atoms with Crippen LogP contribution in [0.25, 0.3) is 0 Å². The van der Waals surface area contributed by atoms with Crippen LogP contribution in [-0.4, -0.2) is 13.0 Å². The van der Waals surface area contributed by atoms with Crippen LogP contribution in [0.2, 0.25) is 10.0 Å². The number of carbonyl (C=O) groups is 1. The maximum absolute atomic E-state index is 12.5. The van der Waals surface area contributed by atoms with E-state index in [9.17, 15) is 10.1 Å². The first-order valence-electron chi connectivity index (χ1n) is 8.83. The van der Waals surface area contributed by atoms with Crippen molar-refractivity contribution in [3.8, 4) is 11.8 Å². The average Bonchev–Trinajstić information content (AvgIpc) is 2.73. The lowest BCUT2D eigenvalue weighted by atomic mass is 9.91. The summed E-state index contributed by atoms with van der Waals surface area (Å²) >= 11 is 12.4. The molecule has 0 unspecified atom stereocenters. The molecule has 0 radical (unpaired) electrons. The highest BCUT2D eigenvalue weighted by atomic mass is 35.5. The summed E-state index contributed by atoms with van der Waals surface area (Å²) in [4.78, 5) is 12.5. The average molecular weight is 425 g/mol. The van der Waals surface area contributed by atoms with E-state index in [0.29, 0.717) is 32.6 Å². The number of amides is 1. The van der Waals surface area contributed by atoms with Gasteiger partial charge in [0.05, 0.1) is 19.1 Å². The molecule has 1 amide bonds. The van der Waals surface area contributed by atoms with Gasteiger partial charge in [-0.05, 0) is 66.1 Å². The van der Waals surface area contributed by atoms with E-state index in [1.165, 1.54) is 0 Å². The Bertz CT molecular complexity index is 1070. The molecule has 0 aliphatic heterocycles. The van der Waals surface area contributed by atoms with E-state index < -0.39 is 5.92 Å². The number of rotatable bonds is 5. The Hall–Kier alpha value is -3.00. The second-order valence-electron chi connectivity index (χ2n) is 6.48. The quantitative estimate of drug-likeness (QED) is 0.528. The van der Waals surface area contributed by atoms with Crippen LogP contribution in [0.3, 0.4) is 0 Å². The number of carbonyl (C=O) groups excluding carboxylic acids is 1. The molecule has 0 saturated heterocycles. The molecule has 0 saturated carbocycles. The molecule has 29 heavy (non-hydrogen) atoms. The smallest absolute Gasteiger partial charge is 0.255 e. The van der Waals surface area contributed by atoms with E-state index in [1.54, 1.807) is 61.7 Å². The number of halogens is 2. The van der Waals surface area contributed by atoms with Gasteiger partial charge in [0.25, 0.3) is 5.91 Å². The van der Waals surface area contributed by atoms with Crippen molar-refractivity contribution in [2.24, 2.45) is 0 Å². The lowest BCUT2D eigenvalue weighted by Gasteiger charge is -2.16. The van der Waals surface area contributed by atoms with Crippen molar-refractivity contribution in [2.75, 3.05) is 12.4 Å². The highest BCUT2D eigenvalue weighted by molar-refractivity contribution is 6.32. The number of methoxy groups -OCH3 is 1. The Morgan fingerprint density at radius 3 is 2.31 bits per heavy atom. The van der Waals surface area contributed by atoms with Gasteiger partial charge in [0.1, 0.15) is 5.75 Å². The summed E-state index contributed by atoms with van der Waals surface area (Å²) in [6.07, 6.45) is 0. The number of ether oxygens (including phenoxy) is 1. The lowest BCUT2D eigenvalue weighted by Crippen LogP contribution is -2.13. The van der Waals surface area contributed by atoms with E-state index in [0.717, 1.165) is 11.1 Å². The fraction of sp³-hybridized carbons (Fsp3) is 0.130. The van der Waals surface area contributed by atoms with Crippen molar-refractivity contribution in [1.29, 1.82) is 5.26 Å². The number of nitrogens with one attached hydrogen (secondary N) is 1. The molecule has 0 fully saturated rings. The predicted octanol–water partition coefficient (Wildman–Crippen LogP) is 6.22. The lowest BCUT2D eigenvalue weighted by molar-refractivity contribution is 0.102. The minimum atomic E-state index is -0.537. The third-order valence-corrected chi connectivity index (χ3v) is 5.17. The van der Waals surface area contributed by atoms with Gasteiger partial charge in [-0.2, -0.15) is 5.26 Å². The first-order valence-corrected chi connectivity index (χ1v) is 9.59. The SMILES string of the molecule is COc1ccc(C(=O)Nc2cc(Cl)c([C@H](C#N)c3ccc(Cl)cc3)cc2C)cc1. The van der Waals surface area contributed by atoms with Crippen molar-refractivity contribution in [2.45, 2.75) is 12.8 Å². The van der Waals surface area contributed by atoms with E-state index in [4.69, 9.17) is 27.9 Å². The molecule has 3 aromatic carbocycles. The van der Waals surface area contributed by atoms with Crippen LogP contribution >= 0.6 is 23.2 Å². The molecule has 1 atom stereocenters. The number of anilines is 1. The molecular weight excluding hydrogens is 407 g/mol. The zero-order chi connectivity index (χ0) is 21.0. The molecule has 0 aliphatic carbocycles. The maximum atomic E-state index is 12.5. The van der Waals surface area contributed by atoms with Crippen molar-refractivity contribution < 1.29 is 9.53 Å². The van der Waals surface area contributed by atoms with E-state index in [-0.39, 0.29) is 5.91 Å². The monoisotopic (exact) mass is 424 g/mol. The van der Waals surface area contributed by atoms with Crippen LogP contribution in [-0.2, 0) is 0 Å². The van der Waals surface area contributed by atoms with Gasteiger partial charge in [-0.15, -0.1) is 0 Å². The Balaban J connectivity index is 1.87. The molecule has 0 spiro atoms. The zero-order valence-corrected chi connectivity index (χ0v) is 17.4. The van der Waals surface area contributed by atoms with Crippen LogP contribution in [0, 0.1) is 18.3 Å². The first-order chi connectivity index (χ1) is 13.9. The van der Waals surface area contributed by atoms with Crippen molar-refractivity contribution in [3.63, 3.8) is 0 Å². The Kier molecular flexibility index (Phi) is 6.43. The summed E-state index contributed by atoms with van der Waals surface area (Å²) in [5.74, 6) is -0.117.